The van der Waals surface area contributed by atoms with Gasteiger partial charge in [-0.1, -0.05) is 111 Å². The van der Waals surface area contributed by atoms with Gasteiger partial charge >= 0.3 is 16.8 Å². The van der Waals surface area contributed by atoms with Crippen molar-refractivity contribution in [3.63, 3.8) is 0 Å². The van der Waals surface area contributed by atoms with Gasteiger partial charge in [0.05, 0.1) is 17.1 Å². The molecule has 0 aliphatic carbocycles. The molecule has 0 N–H and O–H groups in total. The van der Waals surface area contributed by atoms with Gasteiger partial charge in [-0.2, -0.15) is 0 Å². The minimum absolute atomic E-state index is 0. The maximum absolute atomic E-state index is 8.49. The summed E-state index contributed by atoms with van der Waals surface area (Å²) < 4.78 is 73.5. The van der Waals surface area contributed by atoms with Crippen LogP contribution in [0.1, 0.15) is 136 Å². The SMILES string of the molecule is CC(C)c1cn(C(C)C)c(P(c2nc(C(C)C)cn2C(C)C)c2nc(C(C)C)cn2C(C)C)n1.ClC(Cl)Cl.ClC(Cl)Cl.[Co+2].[O-][Cl+3]([O-])([O-])[O-].[O-][Cl+3]([O-])([O-])[O-]. The zero-order valence-corrected chi connectivity index (χ0v) is 39.1. The van der Waals surface area contributed by atoms with E-state index in [1.807, 2.05) is 0 Å². The number of imidazole rings is 3. The molecule has 0 unspecified atom stereocenters. The first-order valence-corrected chi connectivity index (χ1v) is 21.9. The van der Waals surface area contributed by atoms with Crippen LogP contribution >= 0.6 is 77.5 Å². The molecule has 0 saturated heterocycles. The molecule has 0 aliphatic heterocycles. The van der Waals surface area contributed by atoms with Crippen molar-refractivity contribution in [1.29, 1.82) is 0 Å². The Hall–Kier alpha value is 0.566. The van der Waals surface area contributed by atoms with Gasteiger partial charge in [0.15, 0.2) is 8.59 Å². The first-order chi connectivity index (χ1) is 23.3. The molecule has 24 heteroatoms. The van der Waals surface area contributed by atoms with Gasteiger partial charge in [0, 0.05) is 36.7 Å². The number of halogens is 8. The van der Waals surface area contributed by atoms with Crippen LogP contribution in [0.3, 0.4) is 0 Å². The van der Waals surface area contributed by atoms with Crippen LogP contribution in [-0.4, -0.2) is 37.2 Å². The van der Waals surface area contributed by atoms with Gasteiger partial charge in [0.1, 0.15) is 24.6 Å². The summed E-state index contributed by atoms with van der Waals surface area (Å²) in [6, 6.07) is 0.914. The van der Waals surface area contributed by atoms with E-state index >= 15 is 0 Å². The van der Waals surface area contributed by atoms with Gasteiger partial charge in [-0.25, -0.2) is 52.2 Å². The van der Waals surface area contributed by atoms with Crippen molar-refractivity contribution < 1.29 is 74.5 Å². The molecule has 1 radical (unpaired) electrons. The number of hydrogen-bond donors (Lipinski definition) is 0. The molecule has 3 heterocycles. The van der Waals surface area contributed by atoms with E-state index in [1.54, 1.807) is 0 Å². The van der Waals surface area contributed by atoms with Crippen molar-refractivity contribution in [2.24, 2.45) is 0 Å². The molecule has 0 aliphatic rings. The Labute approximate surface area is 358 Å². The molecule has 0 fully saturated rings. The molecule has 0 saturated carbocycles. The molecule has 3 aromatic heterocycles. The predicted octanol–water partition coefficient (Wildman–Crippen LogP) is 0.606. The Bertz CT molecular complexity index is 1260. The third-order valence-electron chi connectivity index (χ3n) is 6.24. The fraction of sp³-hybridized carbons (Fsp3) is 0.690. The maximum Gasteiger partial charge on any atom is 2.00 e. The van der Waals surface area contributed by atoms with Crippen LogP contribution < -0.4 is 54.0 Å². The molecule has 0 amide bonds. The fourth-order valence-electron chi connectivity index (χ4n) is 3.95. The van der Waals surface area contributed by atoms with E-state index in [9.17, 15) is 0 Å². The van der Waals surface area contributed by atoms with Gasteiger partial charge in [-0.3, -0.25) is 0 Å². The van der Waals surface area contributed by atoms with Crippen LogP contribution in [0.2, 0.25) is 0 Å². The molecular weight excluding hydrogens is 934 g/mol. The van der Waals surface area contributed by atoms with Crippen LogP contribution in [0, 0.1) is 20.5 Å². The number of nitrogens with zero attached hydrogens (tertiary/aromatic N) is 6. The van der Waals surface area contributed by atoms with Crippen molar-refractivity contribution in [3.05, 3.63) is 35.7 Å². The van der Waals surface area contributed by atoms with Crippen molar-refractivity contribution in [2.45, 2.75) is 128 Å². The third kappa shape index (κ3) is 25.5. The molecule has 311 valence electrons. The summed E-state index contributed by atoms with van der Waals surface area (Å²) in [5.74, 6) is 1.09. The number of aromatic nitrogens is 6. The van der Waals surface area contributed by atoms with Crippen LogP contribution in [-0.2, 0) is 16.8 Å². The van der Waals surface area contributed by atoms with Gasteiger partial charge in [0.25, 0.3) is 0 Å². The summed E-state index contributed by atoms with van der Waals surface area (Å²) in [5.41, 5.74) is 6.69. The maximum atomic E-state index is 8.49. The Kier molecular flexibility index (Phi) is 29.0. The first-order valence-electron chi connectivity index (χ1n) is 15.4. The molecule has 3 aromatic rings. The minimum atomic E-state index is -4.94. The Balaban J connectivity index is -0.00000109. The van der Waals surface area contributed by atoms with Crippen LogP contribution in [0.4, 0.5) is 0 Å². The van der Waals surface area contributed by atoms with E-state index in [2.05, 4.69) is 115 Å². The fourth-order valence-corrected chi connectivity index (χ4v) is 6.69. The minimum Gasteiger partial charge on any atom is -0.328 e. The molecular formula is C29H47Cl8CoN6O8P. The van der Waals surface area contributed by atoms with Gasteiger partial charge < -0.3 is 13.7 Å². The van der Waals surface area contributed by atoms with E-state index in [0.717, 1.165) is 33.8 Å². The topological polar surface area (TPSA) is 238 Å². The summed E-state index contributed by atoms with van der Waals surface area (Å²) >= 11 is 28.8. The molecule has 0 atom stereocenters. The van der Waals surface area contributed by atoms with Gasteiger partial charge in [-0.15, -0.1) is 20.5 Å². The second kappa shape index (κ2) is 26.5. The van der Waals surface area contributed by atoms with Gasteiger partial charge in [-0.05, 0) is 59.3 Å². The molecule has 0 aromatic carbocycles. The Morgan fingerprint density at radius 1 is 0.453 bits per heavy atom. The molecule has 53 heavy (non-hydrogen) atoms. The van der Waals surface area contributed by atoms with Crippen LogP contribution in [0.5, 0.6) is 0 Å². The van der Waals surface area contributed by atoms with E-state index < -0.39 is 37.0 Å². The summed E-state index contributed by atoms with van der Waals surface area (Å²) in [6.45, 7) is 26.8. The Morgan fingerprint density at radius 2 is 0.604 bits per heavy atom. The average molecular weight is 981 g/mol. The molecule has 0 bridgehead atoms. The van der Waals surface area contributed by atoms with Crippen LogP contribution in [0.15, 0.2) is 18.6 Å². The predicted molar refractivity (Wildman–Crippen MR) is 189 cm³/mol. The normalized spacial score (nSPS) is 11.8. The zero-order valence-electron chi connectivity index (χ0n) is 31.1. The number of hydrogen-bond acceptors (Lipinski definition) is 11. The molecule has 14 nitrogen and oxygen atoms in total. The molecule has 3 rings (SSSR count). The van der Waals surface area contributed by atoms with Crippen molar-refractivity contribution >= 4 is 94.2 Å². The summed E-state index contributed by atoms with van der Waals surface area (Å²) in [5, 5.41) is 0. The van der Waals surface area contributed by atoms with Crippen molar-refractivity contribution in [2.75, 3.05) is 0 Å². The number of rotatable bonds is 9. The van der Waals surface area contributed by atoms with E-state index in [0.29, 0.717) is 35.9 Å². The average Bonchev–Trinajstić information content (AvgIpc) is 3.64. The third-order valence-corrected chi connectivity index (χ3v) is 8.43. The van der Waals surface area contributed by atoms with E-state index in [1.165, 1.54) is 0 Å². The standard InChI is InChI=1S/C27H45N6P.2CHCl3.2ClHO4.Co/c1-16(2)22-13-31(19(7)8)25(28-22)34(26-29-23(17(3)4)14-32(26)20(9)10)27-30-24(18(5)6)15-33(27)21(11)12;2*2-1(3)4;2*2-1(3,4)5;/h13-21H,1-12H3;2*1H;2*(H,2,3,4,5);/q;;;;;+2/p-2. The molecule has 0 spiro atoms. The summed E-state index contributed by atoms with van der Waals surface area (Å²) in [7, 11) is -11.0. The monoisotopic (exact) mass is 977 g/mol. The van der Waals surface area contributed by atoms with Gasteiger partial charge in [0.2, 0.25) is 0 Å². The second-order valence-electron chi connectivity index (χ2n) is 12.5. The largest absolute Gasteiger partial charge is 2.00 e. The van der Waals surface area contributed by atoms with Crippen molar-refractivity contribution in [3.8, 4) is 0 Å². The van der Waals surface area contributed by atoms with Crippen molar-refractivity contribution in [1.82, 2.24) is 28.7 Å². The summed E-state index contributed by atoms with van der Waals surface area (Å²) in [6.07, 6.45) is 6.74. The first kappa shape index (κ1) is 57.9. The Morgan fingerprint density at radius 3 is 0.717 bits per heavy atom. The van der Waals surface area contributed by atoms with E-state index in [4.69, 9.17) is 122 Å². The quantitative estimate of drug-likeness (QED) is 0.213. The van der Waals surface area contributed by atoms with E-state index in [-0.39, 0.29) is 16.8 Å². The van der Waals surface area contributed by atoms with Crippen LogP contribution in [0.25, 0.3) is 0 Å². The zero-order chi connectivity index (χ0) is 41.6. The number of alkyl halides is 6. The summed E-state index contributed by atoms with van der Waals surface area (Å²) in [4.78, 5) is 15.8. The smallest absolute Gasteiger partial charge is 0.328 e. The second-order valence-corrected chi connectivity index (χ2v) is 19.8.